The van der Waals surface area contributed by atoms with Gasteiger partial charge in [0, 0.05) is 17.5 Å². The van der Waals surface area contributed by atoms with Crippen molar-refractivity contribution in [3.8, 4) is 5.75 Å². The average molecular weight is 301 g/mol. The summed E-state index contributed by atoms with van der Waals surface area (Å²) in [4.78, 5) is 12.6. The molecule has 104 valence electrons. The zero-order valence-corrected chi connectivity index (χ0v) is 13.3. The maximum Gasteiger partial charge on any atom is 0.168 e. The smallest absolute Gasteiger partial charge is 0.168 e. The number of ketones is 1. The van der Waals surface area contributed by atoms with Gasteiger partial charge in [0.2, 0.25) is 0 Å². The van der Waals surface area contributed by atoms with E-state index < -0.39 is 0 Å². The molecule has 19 heavy (non-hydrogen) atoms. The minimum atomic E-state index is -0.0260. The number of carbonyl (C=O) groups excluding carboxylic acids is 1. The minimum absolute atomic E-state index is 0.0141. The Balaban J connectivity index is 2.40. The Bertz CT molecular complexity index is 533. The Morgan fingerprint density at radius 2 is 1.63 bits per heavy atom. The van der Waals surface area contributed by atoms with Gasteiger partial charge in [-0.1, -0.05) is 50.9 Å². The maximum absolute atomic E-state index is 12.6. The van der Waals surface area contributed by atoms with E-state index in [1.807, 2.05) is 0 Å². The molecule has 1 aromatic carbocycles. The van der Waals surface area contributed by atoms with Crippen molar-refractivity contribution in [3.05, 3.63) is 27.7 Å². The second-order valence-electron chi connectivity index (χ2n) is 6.21. The Labute approximate surface area is 124 Å². The van der Waals surface area contributed by atoms with Gasteiger partial charge in [-0.2, -0.15) is 0 Å². The fraction of sp³-hybridized carbons (Fsp3) is 0.533. The molecule has 0 bridgehead atoms. The third kappa shape index (κ3) is 2.05. The number of hydrogen-bond acceptors (Lipinski definition) is 2. The molecule has 0 amide bonds. The fourth-order valence-corrected chi connectivity index (χ4v) is 3.37. The summed E-state index contributed by atoms with van der Waals surface area (Å²) in [6, 6.07) is 3.20. The lowest BCUT2D eigenvalue weighted by molar-refractivity contribution is 0.0945. The molecule has 2 rings (SSSR count). The monoisotopic (exact) mass is 300 g/mol. The van der Waals surface area contributed by atoms with Crippen molar-refractivity contribution in [1.29, 1.82) is 0 Å². The van der Waals surface area contributed by atoms with Gasteiger partial charge in [0.25, 0.3) is 0 Å². The molecule has 0 N–H and O–H groups in total. The quantitative estimate of drug-likeness (QED) is 0.745. The van der Waals surface area contributed by atoms with Gasteiger partial charge < -0.3 is 4.74 Å². The van der Waals surface area contributed by atoms with Crippen LogP contribution in [0.3, 0.4) is 0 Å². The van der Waals surface area contributed by atoms with E-state index in [4.69, 9.17) is 27.9 Å². The Kier molecular flexibility index (Phi) is 3.39. The van der Waals surface area contributed by atoms with Gasteiger partial charge in [-0.15, -0.1) is 0 Å². The maximum atomic E-state index is 12.6. The first kappa shape index (κ1) is 14.7. The second-order valence-corrected chi connectivity index (χ2v) is 7.02. The van der Waals surface area contributed by atoms with E-state index in [-0.39, 0.29) is 22.5 Å². The Morgan fingerprint density at radius 3 is 2.05 bits per heavy atom. The predicted octanol–water partition coefficient (Wildman–Crippen LogP) is 4.87. The van der Waals surface area contributed by atoms with Crippen molar-refractivity contribution in [2.75, 3.05) is 7.11 Å². The van der Waals surface area contributed by atoms with Crippen LogP contribution >= 0.6 is 23.2 Å². The lowest BCUT2D eigenvalue weighted by Crippen LogP contribution is -2.08. The summed E-state index contributed by atoms with van der Waals surface area (Å²) in [5, 5.41) is 0.802. The molecule has 1 saturated carbocycles. The number of benzene rings is 1. The zero-order valence-electron chi connectivity index (χ0n) is 11.8. The van der Waals surface area contributed by atoms with Crippen LogP contribution in [0.15, 0.2) is 12.1 Å². The topological polar surface area (TPSA) is 26.3 Å². The van der Waals surface area contributed by atoms with E-state index >= 15 is 0 Å². The summed E-state index contributed by atoms with van der Waals surface area (Å²) < 4.78 is 5.09. The molecule has 0 atom stereocenters. The van der Waals surface area contributed by atoms with Crippen molar-refractivity contribution in [2.45, 2.75) is 27.7 Å². The number of methoxy groups -OCH3 is 1. The van der Waals surface area contributed by atoms with Crippen molar-refractivity contribution in [1.82, 2.24) is 0 Å². The summed E-state index contributed by atoms with van der Waals surface area (Å²) in [5.74, 6) is 0.518. The van der Waals surface area contributed by atoms with Crippen LogP contribution in [0.4, 0.5) is 0 Å². The summed E-state index contributed by atoms with van der Waals surface area (Å²) in [5.41, 5.74) is 0.454. The highest BCUT2D eigenvalue weighted by Crippen LogP contribution is 2.69. The minimum Gasteiger partial charge on any atom is -0.495 e. The number of Topliss-reactive ketones (excluding diaryl/α,β-unsaturated/α-hetero) is 1. The van der Waals surface area contributed by atoms with Crippen LogP contribution in [-0.4, -0.2) is 12.9 Å². The van der Waals surface area contributed by atoms with Gasteiger partial charge in [-0.25, -0.2) is 0 Å². The van der Waals surface area contributed by atoms with Crippen LogP contribution in [-0.2, 0) is 0 Å². The van der Waals surface area contributed by atoms with Crippen LogP contribution in [0.1, 0.15) is 38.1 Å². The van der Waals surface area contributed by atoms with Crippen LogP contribution in [0, 0.1) is 16.7 Å². The molecule has 1 aromatic rings. The average Bonchev–Trinajstić information content (AvgIpc) is 2.71. The summed E-state index contributed by atoms with van der Waals surface area (Å²) in [7, 11) is 1.52. The molecule has 1 fully saturated rings. The molecule has 2 nitrogen and oxygen atoms in total. The van der Waals surface area contributed by atoms with Crippen LogP contribution in [0.25, 0.3) is 0 Å². The molecule has 0 unspecified atom stereocenters. The van der Waals surface area contributed by atoms with Crippen molar-refractivity contribution in [3.63, 3.8) is 0 Å². The van der Waals surface area contributed by atoms with E-state index in [0.717, 1.165) is 0 Å². The normalized spacial score (nSPS) is 20.2. The van der Waals surface area contributed by atoms with E-state index in [0.29, 0.717) is 21.4 Å². The molecule has 1 aliphatic carbocycles. The van der Waals surface area contributed by atoms with Gasteiger partial charge in [-0.05, 0) is 16.9 Å². The summed E-state index contributed by atoms with van der Waals surface area (Å²) in [6.07, 6.45) is 0. The second kappa shape index (κ2) is 4.39. The van der Waals surface area contributed by atoms with E-state index in [1.165, 1.54) is 7.11 Å². The molecule has 1 aliphatic rings. The van der Waals surface area contributed by atoms with E-state index in [9.17, 15) is 4.79 Å². The van der Waals surface area contributed by atoms with Crippen molar-refractivity contribution >= 4 is 29.0 Å². The Morgan fingerprint density at radius 1 is 1.11 bits per heavy atom. The molecule has 0 saturated heterocycles. The predicted molar refractivity (Wildman–Crippen MR) is 78.4 cm³/mol. The number of halogens is 2. The molecular formula is C15H18Cl2O2. The molecule has 0 aromatic heterocycles. The van der Waals surface area contributed by atoms with Gasteiger partial charge in [0.05, 0.1) is 17.2 Å². The Hall–Kier alpha value is -0.730. The first-order valence-corrected chi connectivity index (χ1v) is 6.97. The molecule has 0 heterocycles. The summed E-state index contributed by atoms with van der Waals surface area (Å²) in [6.45, 7) is 8.42. The third-order valence-electron chi connectivity index (χ3n) is 4.79. The molecule has 4 heteroatoms. The third-order valence-corrected chi connectivity index (χ3v) is 5.40. The lowest BCUT2D eigenvalue weighted by Gasteiger charge is -2.09. The number of carbonyl (C=O) groups is 1. The summed E-state index contributed by atoms with van der Waals surface area (Å²) >= 11 is 12.3. The highest BCUT2D eigenvalue weighted by Gasteiger charge is 2.68. The van der Waals surface area contributed by atoms with Gasteiger partial charge in [0.1, 0.15) is 5.75 Å². The zero-order chi connectivity index (χ0) is 14.6. The highest BCUT2D eigenvalue weighted by molar-refractivity contribution is 6.37. The largest absolute Gasteiger partial charge is 0.495 e. The number of ether oxygens (including phenoxy) is 1. The van der Waals surface area contributed by atoms with Crippen molar-refractivity contribution < 1.29 is 9.53 Å². The van der Waals surface area contributed by atoms with Crippen LogP contribution < -0.4 is 4.74 Å². The van der Waals surface area contributed by atoms with Gasteiger partial charge in [0.15, 0.2) is 5.78 Å². The first-order valence-electron chi connectivity index (χ1n) is 6.22. The van der Waals surface area contributed by atoms with E-state index in [1.54, 1.807) is 12.1 Å². The fourth-order valence-electron chi connectivity index (χ4n) is 2.88. The lowest BCUT2D eigenvalue weighted by atomic mass is 10.0. The van der Waals surface area contributed by atoms with Crippen molar-refractivity contribution in [2.24, 2.45) is 16.7 Å². The molecule has 0 radical (unpaired) electrons. The van der Waals surface area contributed by atoms with Gasteiger partial charge >= 0.3 is 0 Å². The number of hydrogen-bond donors (Lipinski definition) is 0. The molecular weight excluding hydrogens is 283 g/mol. The SMILES string of the molecule is COc1cc(Cl)c(C(=O)C2C(C)(C)C2(C)C)cc1Cl. The molecule has 0 aliphatic heterocycles. The van der Waals surface area contributed by atoms with E-state index in [2.05, 4.69) is 27.7 Å². The highest BCUT2D eigenvalue weighted by atomic mass is 35.5. The standard InChI is InChI=1S/C15H18Cl2O2/c1-14(2)13(15(14,3)4)12(18)8-6-10(17)11(19-5)7-9(8)16/h6-7,13H,1-5H3. The first-order chi connectivity index (χ1) is 8.64. The molecule has 0 spiro atoms. The van der Waals surface area contributed by atoms with Crippen LogP contribution in [0.2, 0.25) is 10.0 Å². The van der Waals surface area contributed by atoms with Crippen LogP contribution in [0.5, 0.6) is 5.75 Å². The van der Waals surface area contributed by atoms with Gasteiger partial charge in [-0.3, -0.25) is 4.79 Å². The number of rotatable bonds is 3.